The second-order valence-corrected chi connectivity index (χ2v) is 5.32. The van der Waals surface area contributed by atoms with Crippen LogP contribution in [-0.4, -0.2) is 34.3 Å². The van der Waals surface area contributed by atoms with Gasteiger partial charge in [-0.25, -0.2) is 0 Å². The Labute approximate surface area is 76.2 Å². The van der Waals surface area contributed by atoms with Crippen LogP contribution in [0.2, 0.25) is 0 Å². The van der Waals surface area contributed by atoms with Crippen molar-refractivity contribution in [1.29, 1.82) is 0 Å². The van der Waals surface area contributed by atoms with Crippen molar-refractivity contribution in [3.63, 3.8) is 0 Å². The summed E-state index contributed by atoms with van der Waals surface area (Å²) in [6.45, 7) is 2.56. The standard InChI is InChI=1S/C6H14NO5P/c1-4(2)13(10,11)12-3-5(7)6(8)9/h4-5H,3,7H2,1-2H3,(H,8,9)(H,10,11). The van der Waals surface area contributed by atoms with Crippen LogP contribution < -0.4 is 5.73 Å². The van der Waals surface area contributed by atoms with Crippen molar-refractivity contribution < 1.29 is 23.9 Å². The number of nitrogens with two attached hydrogens (primary N) is 1. The zero-order chi connectivity index (χ0) is 10.6. The molecule has 0 aromatic carbocycles. The van der Waals surface area contributed by atoms with Gasteiger partial charge in [-0.05, 0) is 0 Å². The summed E-state index contributed by atoms with van der Waals surface area (Å²) in [7, 11) is -3.70. The van der Waals surface area contributed by atoms with E-state index < -0.39 is 31.9 Å². The molecule has 0 fully saturated rings. The van der Waals surface area contributed by atoms with Crippen LogP contribution in [0, 0.1) is 0 Å². The molecule has 0 aromatic rings. The van der Waals surface area contributed by atoms with E-state index in [0.717, 1.165) is 0 Å². The van der Waals surface area contributed by atoms with Crippen molar-refractivity contribution in [2.75, 3.05) is 6.61 Å². The molecular weight excluding hydrogens is 197 g/mol. The van der Waals surface area contributed by atoms with Gasteiger partial charge in [-0.15, -0.1) is 0 Å². The van der Waals surface area contributed by atoms with Crippen molar-refractivity contribution in [3.05, 3.63) is 0 Å². The van der Waals surface area contributed by atoms with Crippen LogP contribution in [0.5, 0.6) is 0 Å². The van der Waals surface area contributed by atoms with Gasteiger partial charge in [0.1, 0.15) is 6.04 Å². The molecule has 78 valence electrons. The summed E-state index contributed by atoms with van der Waals surface area (Å²) >= 11 is 0. The second kappa shape index (κ2) is 4.72. The molecule has 0 amide bonds. The van der Waals surface area contributed by atoms with Crippen molar-refractivity contribution in [2.45, 2.75) is 25.5 Å². The summed E-state index contributed by atoms with van der Waals surface area (Å²) in [6, 6.07) is -1.26. The lowest BCUT2D eigenvalue weighted by molar-refractivity contribution is -0.139. The monoisotopic (exact) mass is 211 g/mol. The molecular formula is C6H14NO5P. The summed E-state index contributed by atoms with van der Waals surface area (Å²) in [5.74, 6) is -1.26. The van der Waals surface area contributed by atoms with E-state index in [1.165, 1.54) is 13.8 Å². The Morgan fingerprint density at radius 2 is 2.08 bits per heavy atom. The fraction of sp³-hybridized carbons (Fsp3) is 0.833. The second-order valence-electron chi connectivity index (χ2n) is 2.90. The first-order valence-electron chi connectivity index (χ1n) is 3.72. The molecule has 4 N–H and O–H groups in total. The zero-order valence-corrected chi connectivity index (χ0v) is 8.40. The van der Waals surface area contributed by atoms with Gasteiger partial charge in [-0.3, -0.25) is 9.36 Å². The smallest absolute Gasteiger partial charge is 0.330 e. The first kappa shape index (κ1) is 12.6. The van der Waals surface area contributed by atoms with Crippen LogP contribution in [0.4, 0.5) is 0 Å². The maximum atomic E-state index is 11.1. The third-order valence-electron chi connectivity index (χ3n) is 1.41. The highest BCUT2D eigenvalue weighted by atomic mass is 31.2. The average molecular weight is 211 g/mol. The van der Waals surface area contributed by atoms with Crippen LogP contribution in [0.1, 0.15) is 13.8 Å². The SMILES string of the molecule is CC(C)P(=O)(O)OCC(N)C(=O)O. The average Bonchev–Trinajstić information content (AvgIpc) is 1.99. The molecule has 0 bridgehead atoms. The van der Waals surface area contributed by atoms with Crippen molar-refractivity contribution in [3.8, 4) is 0 Å². The van der Waals surface area contributed by atoms with Crippen LogP contribution in [-0.2, 0) is 13.9 Å². The normalized spacial score (nSPS) is 18.2. The summed E-state index contributed by atoms with van der Waals surface area (Å²) < 4.78 is 15.6. The highest BCUT2D eigenvalue weighted by Gasteiger charge is 2.26. The topological polar surface area (TPSA) is 110 Å². The molecule has 6 nitrogen and oxygen atoms in total. The largest absolute Gasteiger partial charge is 0.480 e. The molecule has 13 heavy (non-hydrogen) atoms. The zero-order valence-electron chi connectivity index (χ0n) is 7.51. The van der Waals surface area contributed by atoms with Crippen molar-refractivity contribution in [2.24, 2.45) is 5.73 Å². The molecule has 0 radical (unpaired) electrons. The third-order valence-corrected chi connectivity index (χ3v) is 3.23. The minimum Gasteiger partial charge on any atom is -0.480 e. The van der Waals surface area contributed by atoms with Gasteiger partial charge in [-0.2, -0.15) is 0 Å². The van der Waals surface area contributed by atoms with E-state index in [0.29, 0.717) is 0 Å². The summed E-state index contributed by atoms with van der Waals surface area (Å²) in [5, 5.41) is 8.34. The molecule has 0 heterocycles. The number of aliphatic carboxylic acids is 1. The molecule has 0 aliphatic carbocycles. The summed E-state index contributed by atoms with van der Waals surface area (Å²) in [5.41, 5.74) is 4.51. The van der Waals surface area contributed by atoms with E-state index in [2.05, 4.69) is 4.52 Å². The Kier molecular flexibility index (Phi) is 4.56. The van der Waals surface area contributed by atoms with Crippen LogP contribution in [0.15, 0.2) is 0 Å². The van der Waals surface area contributed by atoms with Gasteiger partial charge >= 0.3 is 13.6 Å². The number of hydrogen-bond acceptors (Lipinski definition) is 4. The number of carboxylic acids is 1. The predicted octanol–water partition coefficient (Wildman–Crippen LogP) is 0.00870. The number of carbonyl (C=O) groups is 1. The molecule has 0 aliphatic rings. The molecule has 2 atom stereocenters. The van der Waals surface area contributed by atoms with E-state index in [-0.39, 0.29) is 0 Å². The fourth-order valence-corrected chi connectivity index (χ4v) is 1.08. The number of hydrogen-bond donors (Lipinski definition) is 3. The molecule has 0 aliphatic heterocycles. The van der Waals surface area contributed by atoms with Gasteiger partial charge in [0.2, 0.25) is 0 Å². The lowest BCUT2D eigenvalue weighted by Crippen LogP contribution is -2.34. The van der Waals surface area contributed by atoms with Gasteiger partial charge in [0.15, 0.2) is 0 Å². The van der Waals surface area contributed by atoms with Gasteiger partial charge in [-0.1, -0.05) is 13.8 Å². The Bertz CT molecular complexity index is 229. The van der Waals surface area contributed by atoms with Crippen LogP contribution >= 0.6 is 7.60 Å². The number of carboxylic acid groups (broad SMARTS) is 1. The van der Waals surface area contributed by atoms with Gasteiger partial charge < -0.3 is 20.3 Å². The molecule has 7 heteroatoms. The minimum atomic E-state index is -3.70. The molecule has 2 unspecified atom stereocenters. The summed E-state index contributed by atoms with van der Waals surface area (Å²) in [4.78, 5) is 19.3. The fourth-order valence-electron chi connectivity index (χ4n) is 0.407. The third kappa shape index (κ3) is 4.38. The first-order chi connectivity index (χ1) is 5.77. The van der Waals surface area contributed by atoms with E-state index >= 15 is 0 Å². The van der Waals surface area contributed by atoms with E-state index in [9.17, 15) is 9.36 Å². The van der Waals surface area contributed by atoms with Gasteiger partial charge in [0, 0.05) is 0 Å². The molecule has 0 rings (SSSR count). The highest BCUT2D eigenvalue weighted by Crippen LogP contribution is 2.46. The minimum absolute atomic E-state index is 0.457. The quantitative estimate of drug-likeness (QED) is 0.552. The van der Waals surface area contributed by atoms with Crippen LogP contribution in [0.3, 0.4) is 0 Å². The van der Waals surface area contributed by atoms with Crippen LogP contribution in [0.25, 0.3) is 0 Å². The lowest BCUT2D eigenvalue weighted by Gasteiger charge is -2.16. The Morgan fingerprint density at radius 3 is 2.38 bits per heavy atom. The Hall–Kier alpha value is -0.420. The molecule has 0 spiro atoms. The predicted molar refractivity (Wildman–Crippen MR) is 46.5 cm³/mol. The summed E-state index contributed by atoms with van der Waals surface area (Å²) in [6.07, 6.45) is 0. The van der Waals surface area contributed by atoms with Gasteiger partial charge in [0.25, 0.3) is 0 Å². The maximum Gasteiger partial charge on any atom is 0.330 e. The molecule has 0 aromatic heterocycles. The maximum absolute atomic E-state index is 11.1. The number of rotatable bonds is 5. The van der Waals surface area contributed by atoms with Crippen molar-refractivity contribution in [1.82, 2.24) is 0 Å². The lowest BCUT2D eigenvalue weighted by atomic mass is 10.3. The molecule has 0 saturated carbocycles. The van der Waals surface area contributed by atoms with Gasteiger partial charge in [0.05, 0.1) is 12.3 Å². The van der Waals surface area contributed by atoms with Crippen molar-refractivity contribution >= 4 is 13.6 Å². The highest BCUT2D eigenvalue weighted by molar-refractivity contribution is 7.53. The Balaban J connectivity index is 4.03. The van der Waals surface area contributed by atoms with E-state index in [4.69, 9.17) is 15.7 Å². The first-order valence-corrected chi connectivity index (χ1v) is 5.37. The molecule has 0 saturated heterocycles. The van der Waals surface area contributed by atoms with E-state index in [1.807, 2.05) is 0 Å². The Morgan fingerprint density at radius 1 is 1.62 bits per heavy atom. The van der Waals surface area contributed by atoms with E-state index in [1.54, 1.807) is 0 Å².